The molecule has 1 saturated carbocycles. The van der Waals surface area contributed by atoms with Gasteiger partial charge in [-0.3, -0.25) is 0 Å². The highest BCUT2D eigenvalue weighted by Crippen LogP contribution is 2.61. The van der Waals surface area contributed by atoms with Gasteiger partial charge in [0.2, 0.25) is 0 Å². The van der Waals surface area contributed by atoms with E-state index in [1.165, 1.54) is 6.26 Å². The molecule has 2 rings (SSSR count). The summed E-state index contributed by atoms with van der Waals surface area (Å²) in [6, 6.07) is 7.20. The van der Waals surface area contributed by atoms with E-state index in [-0.39, 0.29) is 19.0 Å². The van der Waals surface area contributed by atoms with Crippen molar-refractivity contribution in [2.24, 2.45) is 16.9 Å². The lowest BCUT2D eigenvalue weighted by Crippen LogP contribution is -2.31. The Morgan fingerprint density at radius 2 is 1.72 bits per heavy atom. The fourth-order valence-electron chi connectivity index (χ4n) is 2.87. The summed E-state index contributed by atoms with van der Waals surface area (Å²) in [6.07, 6.45) is 1.24. The van der Waals surface area contributed by atoms with E-state index in [9.17, 15) is 8.42 Å². The average Bonchev–Trinajstić information content (AvgIpc) is 3.00. The molecule has 18 heavy (non-hydrogen) atoms. The van der Waals surface area contributed by atoms with E-state index in [0.717, 1.165) is 5.56 Å². The van der Waals surface area contributed by atoms with Gasteiger partial charge in [0.1, 0.15) is 0 Å². The zero-order valence-corrected chi connectivity index (χ0v) is 11.7. The van der Waals surface area contributed by atoms with Crippen LogP contribution in [0.1, 0.15) is 11.5 Å². The molecule has 4 N–H and O–H groups in total. The Morgan fingerprint density at radius 3 is 2.06 bits per heavy atom. The summed E-state index contributed by atoms with van der Waals surface area (Å²) in [6.45, 7) is 0.545. The van der Waals surface area contributed by atoms with Gasteiger partial charge < -0.3 is 11.5 Å². The van der Waals surface area contributed by atoms with E-state index >= 15 is 0 Å². The Balaban J connectivity index is 2.41. The van der Waals surface area contributed by atoms with Gasteiger partial charge in [-0.25, -0.2) is 8.42 Å². The monoisotopic (exact) mass is 288 g/mol. The fraction of sp³-hybridized carbons (Fsp3) is 0.500. The Morgan fingerprint density at radius 1 is 1.22 bits per heavy atom. The average molecular weight is 289 g/mol. The first-order valence-corrected chi connectivity index (χ1v) is 8.04. The Labute approximate surface area is 112 Å². The van der Waals surface area contributed by atoms with Crippen LogP contribution in [-0.2, 0) is 9.84 Å². The van der Waals surface area contributed by atoms with Crippen molar-refractivity contribution in [3.05, 3.63) is 34.9 Å². The summed E-state index contributed by atoms with van der Waals surface area (Å²) in [5, 5.41) is 0.141. The molecule has 6 heteroatoms. The van der Waals surface area contributed by atoms with Gasteiger partial charge in [0.05, 0.1) is 5.25 Å². The van der Waals surface area contributed by atoms with Crippen LogP contribution < -0.4 is 11.5 Å². The minimum Gasteiger partial charge on any atom is -0.330 e. The van der Waals surface area contributed by atoms with E-state index in [1.54, 1.807) is 12.1 Å². The lowest BCUT2D eigenvalue weighted by Gasteiger charge is -2.12. The van der Waals surface area contributed by atoms with Gasteiger partial charge in [-0.05, 0) is 17.7 Å². The quantitative estimate of drug-likeness (QED) is 0.856. The molecule has 0 radical (unpaired) electrons. The second kappa shape index (κ2) is 4.49. The molecule has 1 aliphatic carbocycles. The van der Waals surface area contributed by atoms with Crippen LogP contribution in [0.5, 0.6) is 0 Å². The topological polar surface area (TPSA) is 86.2 Å². The van der Waals surface area contributed by atoms with Gasteiger partial charge in [0.15, 0.2) is 9.84 Å². The molecule has 0 spiro atoms. The van der Waals surface area contributed by atoms with Crippen molar-refractivity contribution < 1.29 is 8.42 Å². The van der Waals surface area contributed by atoms with Crippen LogP contribution in [-0.4, -0.2) is 33.0 Å². The molecule has 1 aliphatic rings. The van der Waals surface area contributed by atoms with Gasteiger partial charge in [-0.2, -0.15) is 0 Å². The molecule has 1 aromatic carbocycles. The van der Waals surface area contributed by atoms with Crippen LogP contribution >= 0.6 is 11.6 Å². The molecule has 2 atom stereocenters. The van der Waals surface area contributed by atoms with Crippen LogP contribution in [0.2, 0.25) is 5.02 Å². The van der Waals surface area contributed by atoms with Gasteiger partial charge in [0, 0.05) is 35.7 Å². The minimum absolute atomic E-state index is 0.125. The van der Waals surface area contributed by atoms with E-state index in [2.05, 4.69) is 0 Å². The van der Waals surface area contributed by atoms with Crippen molar-refractivity contribution in [2.45, 2.75) is 11.2 Å². The molecule has 0 aromatic heterocycles. The van der Waals surface area contributed by atoms with Crippen molar-refractivity contribution >= 4 is 21.4 Å². The predicted molar refractivity (Wildman–Crippen MR) is 73.4 cm³/mol. The Kier molecular flexibility index (Phi) is 3.44. The third-order valence-corrected chi connectivity index (χ3v) is 5.75. The van der Waals surface area contributed by atoms with Crippen LogP contribution in [0.4, 0.5) is 0 Å². The van der Waals surface area contributed by atoms with Crippen molar-refractivity contribution in [3.8, 4) is 0 Å². The summed E-state index contributed by atoms with van der Waals surface area (Å²) >= 11 is 5.83. The van der Waals surface area contributed by atoms with Crippen LogP contribution in [0.3, 0.4) is 0 Å². The maximum atomic E-state index is 11.8. The molecule has 1 aromatic rings. The fourth-order valence-corrected chi connectivity index (χ4v) is 5.04. The Bertz CT molecular complexity index is 538. The third kappa shape index (κ3) is 2.05. The van der Waals surface area contributed by atoms with Crippen molar-refractivity contribution in [1.29, 1.82) is 0 Å². The summed E-state index contributed by atoms with van der Waals surface area (Å²) in [5.74, 6) is -0.125. The molecule has 100 valence electrons. The van der Waals surface area contributed by atoms with E-state index in [0.29, 0.717) is 5.02 Å². The molecule has 0 amide bonds. The number of rotatable bonds is 4. The largest absolute Gasteiger partial charge is 0.330 e. The summed E-state index contributed by atoms with van der Waals surface area (Å²) < 4.78 is 23.7. The molecule has 0 bridgehead atoms. The Hall–Kier alpha value is -0.620. The van der Waals surface area contributed by atoms with Crippen LogP contribution in [0, 0.1) is 5.41 Å². The lowest BCUT2D eigenvalue weighted by atomic mass is 9.99. The molecule has 2 unspecified atom stereocenters. The maximum Gasteiger partial charge on any atom is 0.151 e. The zero-order chi connectivity index (χ0) is 13.6. The van der Waals surface area contributed by atoms with Crippen molar-refractivity contribution in [2.75, 3.05) is 19.3 Å². The predicted octanol–water partition coefficient (Wildman–Crippen LogP) is 0.754. The van der Waals surface area contributed by atoms with E-state index < -0.39 is 20.5 Å². The SMILES string of the molecule is CS(=O)(=O)C1C(c2ccc(Cl)cc2)C1(CN)CN. The number of sulfone groups is 1. The normalized spacial score (nSPS) is 26.0. The van der Waals surface area contributed by atoms with E-state index in [4.69, 9.17) is 23.1 Å². The zero-order valence-electron chi connectivity index (χ0n) is 10.1. The van der Waals surface area contributed by atoms with Gasteiger partial charge in [0.25, 0.3) is 0 Å². The van der Waals surface area contributed by atoms with Gasteiger partial charge in [-0.15, -0.1) is 0 Å². The maximum absolute atomic E-state index is 11.8. The number of halogens is 1. The first kappa shape index (κ1) is 13.8. The standard InChI is InChI=1S/C12H17ClN2O2S/c1-18(16,17)11-10(12(11,6-14)7-15)8-2-4-9(13)5-3-8/h2-5,10-11H,6-7,14-15H2,1H3. The molecular formula is C12H17ClN2O2S. The molecule has 1 fully saturated rings. The third-order valence-electron chi connectivity index (χ3n) is 3.83. The molecule has 4 nitrogen and oxygen atoms in total. The second-order valence-electron chi connectivity index (χ2n) is 4.92. The molecule has 0 aliphatic heterocycles. The van der Waals surface area contributed by atoms with Crippen LogP contribution in [0.25, 0.3) is 0 Å². The number of benzene rings is 1. The number of hydrogen-bond donors (Lipinski definition) is 2. The number of nitrogens with two attached hydrogens (primary N) is 2. The first-order valence-electron chi connectivity index (χ1n) is 5.71. The van der Waals surface area contributed by atoms with Crippen molar-refractivity contribution in [1.82, 2.24) is 0 Å². The number of hydrogen-bond acceptors (Lipinski definition) is 4. The van der Waals surface area contributed by atoms with E-state index in [1.807, 2.05) is 12.1 Å². The summed E-state index contributed by atoms with van der Waals surface area (Å²) in [4.78, 5) is 0. The lowest BCUT2D eigenvalue weighted by molar-refractivity contribution is 0.511. The minimum atomic E-state index is -3.16. The van der Waals surface area contributed by atoms with Crippen molar-refractivity contribution in [3.63, 3.8) is 0 Å². The van der Waals surface area contributed by atoms with Crippen LogP contribution in [0.15, 0.2) is 24.3 Å². The first-order chi connectivity index (χ1) is 8.36. The summed E-state index contributed by atoms with van der Waals surface area (Å²) in [7, 11) is -3.16. The molecule has 0 heterocycles. The summed E-state index contributed by atoms with van der Waals surface area (Å²) in [5.41, 5.74) is 11.9. The highest BCUT2D eigenvalue weighted by atomic mass is 35.5. The molecule has 0 saturated heterocycles. The second-order valence-corrected chi connectivity index (χ2v) is 7.52. The van der Waals surface area contributed by atoms with Gasteiger partial charge in [-0.1, -0.05) is 23.7 Å². The highest BCUT2D eigenvalue weighted by Gasteiger charge is 2.68. The van der Waals surface area contributed by atoms with Gasteiger partial charge >= 0.3 is 0 Å². The highest BCUT2D eigenvalue weighted by molar-refractivity contribution is 7.91. The molecular weight excluding hydrogens is 272 g/mol. The smallest absolute Gasteiger partial charge is 0.151 e.